The fourth-order valence-corrected chi connectivity index (χ4v) is 2.91. The van der Waals surface area contributed by atoms with Crippen molar-refractivity contribution in [3.8, 4) is 6.07 Å². The Morgan fingerprint density at radius 1 is 1.58 bits per heavy atom. The summed E-state index contributed by atoms with van der Waals surface area (Å²) < 4.78 is 26.4. The van der Waals surface area contributed by atoms with Gasteiger partial charge in [-0.05, 0) is 25.5 Å². The number of nitrogens with zero attached hydrogens (tertiary/aromatic N) is 2. The van der Waals surface area contributed by atoms with Crippen molar-refractivity contribution in [3.05, 3.63) is 24.0 Å². The molecule has 19 heavy (non-hydrogen) atoms. The highest BCUT2D eigenvalue weighted by Crippen LogP contribution is 2.15. The summed E-state index contributed by atoms with van der Waals surface area (Å²) in [7, 11) is -3.85. The fourth-order valence-electron chi connectivity index (χ4n) is 1.65. The lowest BCUT2D eigenvalue weighted by Gasteiger charge is -2.22. The van der Waals surface area contributed by atoms with Crippen molar-refractivity contribution in [1.82, 2.24) is 9.71 Å². The number of nitrogens with one attached hydrogen (secondary N) is 1. The molecular formula is C12H17N3O3S. The largest absolute Gasteiger partial charge is 0.389 e. The van der Waals surface area contributed by atoms with E-state index in [0.29, 0.717) is 6.42 Å². The van der Waals surface area contributed by atoms with Crippen molar-refractivity contribution in [2.75, 3.05) is 6.54 Å². The molecule has 0 aliphatic carbocycles. The van der Waals surface area contributed by atoms with Gasteiger partial charge < -0.3 is 5.11 Å². The van der Waals surface area contributed by atoms with Crippen LogP contribution in [0.25, 0.3) is 0 Å². The number of aliphatic hydroxyl groups is 1. The van der Waals surface area contributed by atoms with Crippen LogP contribution in [-0.4, -0.2) is 30.7 Å². The highest BCUT2D eigenvalue weighted by atomic mass is 32.2. The normalized spacial score (nSPS) is 14.6. The molecule has 1 atom stereocenters. The second-order valence-corrected chi connectivity index (χ2v) is 6.27. The molecule has 1 aromatic rings. The molecule has 0 spiro atoms. The van der Waals surface area contributed by atoms with Crippen LogP contribution in [0.15, 0.2) is 23.2 Å². The monoisotopic (exact) mass is 283 g/mol. The van der Waals surface area contributed by atoms with E-state index < -0.39 is 15.6 Å². The van der Waals surface area contributed by atoms with Gasteiger partial charge >= 0.3 is 0 Å². The zero-order valence-electron chi connectivity index (χ0n) is 10.9. The van der Waals surface area contributed by atoms with Gasteiger partial charge in [0, 0.05) is 12.7 Å². The number of hydrogen-bond acceptors (Lipinski definition) is 5. The second kappa shape index (κ2) is 6.10. The predicted molar refractivity (Wildman–Crippen MR) is 69.7 cm³/mol. The average molecular weight is 283 g/mol. The van der Waals surface area contributed by atoms with Crippen molar-refractivity contribution in [1.29, 1.82) is 5.26 Å². The first-order valence-electron chi connectivity index (χ1n) is 5.89. The van der Waals surface area contributed by atoms with E-state index in [1.54, 1.807) is 13.0 Å². The first kappa shape index (κ1) is 15.6. The highest BCUT2D eigenvalue weighted by Gasteiger charge is 2.25. The first-order chi connectivity index (χ1) is 8.82. The minimum Gasteiger partial charge on any atom is -0.389 e. The van der Waals surface area contributed by atoms with Crippen molar-refractivity contribution >= 4 is 10.0 Å². The Labute approximate surface area is 113 Å². The molecule has 0 amide bonds. The minimum absolute atomic E-state index is 0.108. The number of sulfonamides is 1. The molecule has 0 aromatic carbocycles. The lowest BCUT2D eigenvalue weighted by molar-refractivity contribution is 0.0554. The van der Waals surface area contributed by atoms with Crippen LogP contribution in [0.1, 0.15) is 32.4 Å². The molecule has 0 saturated carbocycles. The lowest BCUT2D eigenvalue weighted by atomic mass is 10.0. The SMILES string of the molecule is CCCC(C)(O)CNS(=O)(=O)c1cccnc1C#N. The number of pyridine rings is 1. The maximum atomic E-state index is 12.0. The van der Waals surface area contributed by atoms with E-state index in [-0.39, 0.29) is 17.1 Å². The molecule has 1 unspecified atom stereocenters. The van der Waals surface area contributed by atoms with Gasteiger partial charge in [0.2, 0.25) is 10.0 Å². The summed E-state index contributed by atoms with van der Waals surface area (Å²) in [6, 6.07) is 4.48. The molecule has 1 rings (SSSR count). The Morgan fingerprint density at radius 2 is 2.26 bits per heavy atom. The average Bonchev–Trinajstić information content (AvgIpc) is 2.37. The standard InChI is InChI=1S/C12H17N3O3S/c1-3-6-12(2,16)9-15-19(17,18)11-5-4-7-14-10(11)8-13/h4-5,7,15-16H,3,6,9H2,1-2H3. The molecule has 1 aromatic heterocycles. The van der Waals surface area contributed by atoms with Gasteiger partial charge in [-0.2, -0.15) is 5.26 Å². The van der Waals surface area contributed by atoms with Crippen LogP contribution in [-0.2, 0) is 10.0 Å². The van der Waals surface area contributed by atoms with Crippen molar-refractivity contribution in [2.45, 2.75) is 37.2 Å². The van der Waals surface area contributed by atoms with Crippen LogP contribution >= 0.6 is 0 Å². The third kappa shape index (κ3) is 4.28. The van der Waals surface area contributed by atoms with E-state index in [2.05, 4.69) is 9.71 Å². The lowest BCUT2D eigenvalue weighted by Crippen LogP contribution is -2.40. The Hall–Kier alpha value is -1.49. The fraction of sp³-hybridized carbons (Fsp3) is 0.500. The maximum absolute atomic E-state index is 12.0. The summed E-state index contributed by atoms with van der Waals surface area (Å²) in [6.07, 6.45) is 2.57. The van der Waals surface area contributed by atoms with Gasteiger partial charge in [0.1, 0.15) is 11.0 Å². The van der Waals surface area contributed by atoms with E-state index in [1.165, 1.54) is 18.3 Å². The summed E-state index contributed by atoms with van der Waals surface area (Å²) >= 11 is 0. The second-order valence-electron chi connectivity index (χ2n) is 4.53. The molecule has 0 aliphatic heterocycles. The number of rotatable bonds is 6. The van der Waals surface area contributed by atoms with Crippen LogP contribution < -0.4 is 4.72 Å². The molecule has 0 bridgehead atoms. The third-order valence-corrected chi connectivity index (χ3v) is 4.03. The molecule has 2 N–H and O–H groups in total. The predicted octanol–water partition coefficient (Wildman–Crippen LogP) is 0.783. The Bertz CT molecular complexity index is 576. The molecule has 7 heteroatoms. The van der Waals surface area contributed by atoms with E-state index in [0.717, 1.165) is 6.42 Å². The zero-order chi connectivity index (χ0) is 14.5. The number of hydrogen-bond donors (Lipinski definition) is 2. The van der Waals surface area contributed by atoms with Crippen molar-refractivity contribution in [2.24, 2.45) is 0 Å². The molecule has 104 valence electrons. The summed E-state index contributed by atoms with van der Waals surface area (Å²) in [5.41, 5.74) is -1.28. The smallest absolute Gasteiger partial charge is 0.243 e. The highest BCUT2D eigenvalue weighted by molar-refractivity contribution is 7.89. The van der Waals surface area contributed by atoms with Gasteiger partial charge in [0.15, 0.2) is 5.69 Å². The van der Waals surface area contributed by atoms with Crippen molar-refractivity contribution in [3.63, 3.8) is 0 Å². The van der Waals surface area contributed by atoms with Gasteiger partial charge in [-0.1, -0.05) is 13.3 Å². The van der Waals surface area contributed by atoms with Crippen LogP contribution in [0.2, 0.25) is 0 Å². The number of nitriles is 1. The summed E-state index contributed by atoms with van der Waals surface area (Å²) in [5.74, 6) is 0. The van der Waals surface area contributed by atoms with Crippen LogP contribution in [0.3, 0.4) is 0 Å². The Morgan fingerprint density at radius 3 is 2.84 bits per heavy atom. The molecule has 1 heterocycles. The van der Waals surface area contributed by atoms with Crippen LogP contribution in [0.4, 0.5) is 0 Å². The van der Waals surface area contributed by atoms with E-state index >= 15 is 0 Å². The molecule has 6 nitrogen and oxygen atoms in total. The molecular weight excluding hydrogens is 266 g/mol. The van der Waals surface area contributed by atoms with E-state index in [1.807, 2.05) is 6.92 Å². The van der Waals surface area contributed by atoms with Gasteiger partial charge in [-0.15, -0.1) is 0 Å². The summed E-state index contributed by atoms with van der Waals surface area (Å²) in [6.45, 7) is 3.36. The minimum atomic E-state index is -3.85. The maximum Gasteiger partial charge on any atom is 0.243 e. The summed E-state index contributed by atoms with van der Waals surface area (Å²) in [5, 5.41) is 18.8. The zero-order valence-corrected chi connectivity index (χ0v) is 11.7. The Balaban J connectivity index is 2.91. The topological polar surface area (TPSA) is 103 Å². The van der Waals surface area contributed by atoms with E-state index in [9.17, 15) is 13.5 Å². The van der Waals surface area contributed by atoms with Crippen LogP contribution in [0, 0.1) is 11.3 Å². The molecule has 0 fully saturated rings. The quantitative estimate of drug-likeness (QED) is 0.803. The van der Waals surface area contributed by atoms with Crippen molar-refractivity contribution < 1.29 is 13.5 Å². The van der Waals surface area contributed by atoms with Gasteiger partial charge in [-0.3, -0.25) is 0 Å². The number of aromatic nitrogens is 1. The van der Waals surface area contributed by atoms with Gasteiger partial charge in [-0.25, -0.2) is 18.1 Å². The van der Waals surface area contributed by atoms with Gasteiger partial charge in [0.25, 0.3) is 0 Å². The molecule has 0 saturated heterocycles. The molecule has 0 radical (unpaired) electrons. The van der Waals surface area contributed by atoms with Crippen LogP contribution in [0.5, 0.6) is 0 Å². The van der Waals surface area contributed by atoms with E-state index in [4.69, 9.17) is 5.26 Å². The Kier molecular flexibility index (Phi) is 5.00. The molecule has 0 aliphatic rings. The third-order valence-electron chi connectivity index (χ3n) is 2.60. The summed E-state index contributed by atoms with van der Waals surface area (Å²) in [4.78, 5) is 3.53. The van der Waals surface area contributed by atoms with Gasteiger partial charge in [0.05, 0.1) is 5.60 Å². The first-order valence-corrected chi connectivity index (χ1v) is 7.38.